The molecule has 5 heteroatoms. The molecule has 1 aromatic rings. The molecule has 0 aromatic carbocycles. The number of aliphatic carboxylic acids is 1. The van der Waals surface area contributed by atoms with E-state index in [0.29, 0.717) is 5.92 Å². The van der Waals surface area contributed by atoms with Crippen LogP contribution in [0, 0.1) is 5.92 Å². The summed E-state index contributed by atoms with van der Waals surface area (Å²) in [5.41, 5.74) is 0. The lowest BCUT2D eigenvalue weighted by Gasteiger charge is -2.13. The van der Waals surface area contributed by atoms with Crippen molar-refractivity contribution in [3.63, 3.8) is 0 Å². The summed E-state index contributed by atoms with van der Waals surface area (Å²) in [6.45, 7) is 1.66. The summed E-state index contributed by atoms with van der Waals surface area (Å²) in [5, 5.41) is 16.8. The Morgan fingerprint density at radius 2 is 2.31 bits per heavy atom. The first-order valence-electron chi connectivity index (χ1n) is 5.79. The summed E-state index contributed by atoms with van der Waals surface area (Å²) in [5.74, 6) is 0.623. The molecule has 88 valence electrons. The second-order valence-electron chi connectivity index (χ2n) is 4.52. The summed E-state index contributed by atoms with van der Waals surface area (Å²) in [6.07, 6.45) is 7.41. The molecule has 0 bridgehead atoms. The highest BCUT2D eigenvalue weighted by molar-refractivity contribution is 5.71. The van der Waals surface area contributed by atoms with E-state index >= 15 is 0 Å². The van der Waals surface area contributed by atoms with Gasteiger partial charge < -0.3 is 9.67 Å². The minimum absolute atomic E-state index is 0.577. The van der Waals surface area contributed by atoms with Gasteiger partial charge in [0.2, 0.25) is 0 Å². The molecule has 1 atom stereocenters. The molecular weight excluding hydrogens is 206 g/mol. The van der Waals surface area contributed by atoms with Crippen LogP contribution in [-0.2, 0) is 11.2 Å². The van der Waals surface area contributed by atoms with Crippen molar-refractivity contribution in [2.45, 2.75) is 45.1 Å². The predicted octanol–water partition coefficient (Wildman–Crippen LogP) is 1.66. The van der Waals surface area contributed by atoms with Crippen LogP contribution < -0.4 is 0 Å². The standard InChI is InChI=1S/C11H17N3O2/c1-8(11(15)16)14-7-12-13-10(14)6-9-4-2-3-5-9/h7-9H,2-6H2,1H3,(H,15,16). The quantitative estimate of drug-likeness (QED) is 0.842. The maximum absolute atomic E-state index is 10.9. The van der Waals surface area contributed by atoms with Crippen LogP contribution in [0.1, 0.15) is 44.5 Å². The van der Waals surface area contributed by atoms with Gasteiger partial charge >= 0.3 is 5.97 Å². The van der Waals surface area contributed by atoms with Gasteiger partial charge in [-0.05, 0) is 12.8 Å². The van der Waals surface area contributed by atoms with E-state index in [4.69, 9.17) is 5.11 Å². The lowest BCUT2D eigenvalue weighted by Crippen LogP contribution is -2.18. The van der Waals surface area contributed by atoms with Crippen LogP contribution in [0.4, 0.5) is 0 Å². The molecular formula is C11H17N3O2. The van der Waals surface area contributed by atoms with Crippen molar-refractivity contribution in [3.05, 3.63) is 12.2 Å². The molecule has 5 nitrogen and oxygen atoms in total. The van der Waals surface area contributed by atoms with E-state index in [-0.39, 0.29) is 0 Å². The first-order valence-corrected chi connectivity index (χ1v) is 5.79. The Morgan fingerprint density at radius 1 is 1.62 bits per heavy atom. The third-order valence-corrected chi connectivity index (χ3v) is 3.37. The predicted molar refractivity (Wildman–Crippen MR) is 58.0 cm³/mol. The maximum atomic E-state index is 10.9. The van der Waals surface area contributed by atoms with Crippen LogP contribution >= 0.6 is 0 Å². The Hall–Kier alpha value is -1.39. The van der Waals surface area contributed by atoms with Crippen LogP contribution in [0.2, 0.25) is 0 Å². The van der Waals surface area contributed by atoms with Gasteiger partial charge in [-0.3, -0.25) is 0 Å². The number of aromatic nitrogens is 3. The van der Waals surface area contributed by atoms with Gasteiger partial charge in [0.15, 0.2) is 0 Å². The van der Waals surface area contributed by atoms with Crippen LogP contribution in [-0.4, -0.2) is 25.8 Å². The Balaban J connectivity index is 2.09. The Labute approximate surface area is 94.5 Å². The van der Waals surface area contributed by atoms with Gasteiger partial charge in [-0.25, -0.2) is 4.79 Å². The van der Waals surface area contributed by atoms with Crippen molar-refractivity contribution in [1.82, 2.24) is 14.8 Å². The number of hydrogen-bond donors (Lipinski definition) is 1. The number of hydrogen-bond acceptors (Lipinski definition) is 3. The van der Waals surface area contributed by atoms with Gasteiger partial charge in [0.1, 0.15) is 18.2 Å². The summed E-state index contributed by atoms with van der Waals surface area (Å²) in [4.78, 5) is 10.9. The second kappa shape index (κ2) is 4.63. The van der Waals surface area contributed by atoms with Crippen LogP contribution in [0.3, 0.4) is 0 Å². The van der Waals surface area contributed by atoms with Crippen LogP contribution in [0.15, 0.2) is 6.33 Å². The van der Waals surface area contributed by atoms with E-state index in [2.05, 4.69) is 10.2 Å². The number of carboxylic acid groups (broad SMARTS) is 1. The van der Waals surface area contributed by atoms with Crippen molar-refractivity contribution in [1.29, 1.82) is 0 Å². The van der Waals surface area contributed by atoms with E-state index < -0.39 is 12.0 Å². The number of nitrogens with zero attached hydrogens (tertiary/aromatic N) is 3. The normalized spacial score (nSPS) is 18.8. The molecule has 1 unspecified atom stereocenters. The van der Waals surface area contributed by atoms with Gasteiger partial charge in [-0.1, -0.05) is 25.7 Å². The molecule has 0 radical (unpaired) electrons. The fraction of sp³-hybridized carbons (Fsp3) is 0.727. The number of carboxylic acids is 1. The zero-order valence-electron chi connectivity index (χ0n) is 9.46. The van der Waals surface area contributed by atoms with Gasteiger partial charge in [0.25, 0.3) is 0 Å². The molecule has 16 heavy (non-hydrogen) atoms. The molecule has 0 amide bonds. The highest BCUT2D eigenvalue weighted by Crippen LogP contribution is 2.27. The van der Waals surface area contributed by atoms with E-state index in [1.807, 2.05) is 0 Å². The molecule has 2 rings (SSSR count). The average molecular weight is 223 g/mol. The maximum Gasteiger partial charge on any atom is 0.326 e. The van der Waals surface area contributed by atoms with Crippen molar-refractivity contribution < 1.29 is 9.90 Å². The van der Waals surface area contributed by atoms with Crippen molar-refractivity contribution in [2.75, 3.05) is 0 Å². The third-order valence-electron chi connectivity index (χ3n) is 3.37. The zero-order valence-corrected chi connectivity index (χ0v) is 9.46. The monoisotopic (exact) mass is 223 g/mol. The Bertz CT molecular complexity index is 369. The SMILES string of the molecule is CC(C(=O)O)n1cnnc1CC1CCCC1. The number of rotatable bonds is 4. The molecule has 0 saturated heterocycles. The molecule has 1 saturated carbocycles. The summed E-state index contributed by atoms with van der Waals surface area (Å²) in [6, 6.07) is -0.577. The van der Waals surface area contributed by atoms with Crippen LogP contribution in [0.5, 0.6) is 0 Å². The molecule has 1 N–H and O–H groups in total. The molecule has 1 aliphatic carbocycles. The first kappa shape index (κ1) is 11.1. The summed E-state index contributed by atoms with van der Waals surface area (Å²) < 4.78 is 1.67. The minimum atomic E-state index is -0.840. The fourth-order valence-electron chi connectivity index (χ4n) is 2.33. The molecule has 1 aliphatic rings. The fourth-order valence-corrected chi connectivity index (χ4v) is 2.33. The topological polar surface area (TPSA) is 68.0 Å². The van der Waals surface area contributed by atoms with Crippen molar-refractivity contribution in [2.24, 2.45) is 5.92 Å². The van der Waals surface area contributed by atoms with Crippen LogP contribution in [0.25, 0.3) is 0 Å². The average Bonchev–Trinajstić information content (AvgIpc) is 2.88. The summed E-state index contributed by atoms with van der Waals surface area (Å²) in [7, 11) is 0. The third kappa shape index (κ3) is 2.23. The zero-order chi connectivity index (χ0) is 11.5. The number of carbonyl (C=O) groups is 1. The van der Waals surface area contributed by atoms with Gasteiger partial charge in [0.05, 0.1) is 0 Å². The first-order chi connectivity index (χ1) is 7.68. The van der Waals surface area contributed by atoms with Gasteiger partial charge in [-0.15, -0.1) is 10.2 Å². The summed E-state index contributed by atoms with van der Waals surface area (Å²) >= 11 is 0. The second-order valence-corrected chi connectivity index (χ2v) is 4.52. The molecule has 1 heterocycles. The Morgan fingerprint density at radius 3 is 2.94 bits per heavy atom. The lowest BCUT2D eigenvalue weighted by atomic mass is 10.0. The van der Waals surface area contributed by atoms with E-state index in [9.17, 15) is 4.79 Å². The molecule has 0 spiro atoms. The molecule has 0 aliphatic heterocycles. The van der Waals surface area contributed by atoms with E-state index in [0.717, 1.165) is 12.2 Å². The molecule has 1 fully saturated rings. The van der Waals surface area contributed by atoms with E-state index in [1.54, 1.807) is 11.5 Å². The lowest BCUT2D eigenvalue weighted by molar-refractivity contribution is -0.140. The van der Waals surface area contributed by atoms with E-state index in [1.165, 1.54) is 32.0 Å². The highest BCUT2D eigenvalue weighted by atomic mass is 16.4. The van der Waals surface area contributed by atoms with Crippen molar-refractivity contribution in [3.8, 4) is 0 Å². The largest absolute Gasteiger partial charge is 0.480 e. The van der Waals surface area contributed by atoms with Gasteiger partial charge in [0, 0.05) is 6.42 Å². The Kier molecular flexibility index (Phi) is 3.22. The smallest absolute Gasteiger partial charge is 0.326 e. The minimum Gasteiger partial charge on any atom is -0.480 e. The van der Waals surface area contributed by atoms with Crippen molar-refractivity contribution >= 4 is 5.97 Å². The molecule has 1 aromatic heterocycles. The van der Waals surface area contributed by atoms with Gasteiger partial charge in [-0.2, -0.15) is 0 Å². The highest BCUT2D eigenvalue weighted by Gasteiger charge is 2.22.